The average molecular weight is 208 g/mol. The van der Waals surface area contributed by atoms with Gasteiger partial charge >= 0.3 is 5.97 Å². The van der Waals surface area contributed by atoms with Gasteiger partial charge in [-0.2, -0.15) is 0 Å². The zero-order chi connectivity index (χ0) is 11.1. The molecule has 1 aromatic rings. The average Bonchev–Trinajstić information content (AvgIpc) is 2.27. The molecular formula is C11H16N2O2. The lowest BCUT2D eigenvalue weighted by Crippen LogP contribution is -2.21. The number of ether oxygens (including phenoxy) is 1. The second-order valence-electron chi connectivity index (χ2n) is 3.43. The summed E-state index contributed by atoms with van der Waals surface area (Å²) in [6, 6.07) is 3.92. The van der Waals surface area contributed by atoms with E-state index in [1.165, 1.54) is 7.11 Å². The van der Waals surface area contributed by atoms with Crippen molar-refractivity contribution in [3.8, 4) is 0 Å². The van der Waals surface area contributed by atoms with Crippen molar-refractivity contribution in [2.75, 3.05) is 20.7 Å². The Hall–Kier alpha value is -1.42. The van der Waals surface area contributed by atoms with E-state index < -0.39 is 0 Å². The molecule has 0 aliphatic heterocycles. The van der Waals surface area contributed by atoms with Crippen molar-refractivity contribution in [1.82, 2.24) is 9.88 Å². The molecule has 0 N–H and O–H groups in total. The standard InChI is InChI=1S/C11H16N2O2/c1-13(7-5-11(14)15-2)9-10-4-3-6-12-8-10/h3-4,6,8H,5,7,9H2,1-2H3. The molecule has 0 saturated heterocycles. The predicted octanol–water partition coefficient (Wildman–Crippen LogP) is 1.08. The number of hydrogen-bond acceptors (Lipinski definition) is 4. The number of carbonyl (C=O) groups is 1. The Balaban J connectivity index is 2.30. The smallest absolute Gasteiger partial charge is 0.306 e. The van der Waals surface area contributed by atoms with Crippen molar-refractivity contribution in [2.24, 2.45) is 0 Å². The number of pyridine rings is 1. The molecule has 0 aliphatic rings. The van der Waals surface area contributed by atoms with E-state index >= 15 is 0 Å². The zero-order valence-corrected chi connectivity index (χ0v) is 9.14. The van der Waals surface area contributed by atoms with Crippen molar-refractivity contribution < 1.29 is 9.53 Å². The molecule has 1 heterocycles. The van der Waals surface area contributed by atoms with Gasteiger partial charge in [-0.1, -0.05) is 6.07 Å². The van der Waals surface area contributed by atoms with Gasteiger partial charge in [-0.05, 0) is 18.7 Å². The lowest BCUT2D eigenvalue weighted by molar-refractivity contribution is -0.140. The molecule has 82 valence electrons. The van der Waals surface area contributed by atoms with Crippen LogP contribution in [0.5, 0.6) is 0 Å². The van der Waals surface area contributed by atoms with E-state index in [1.807, 2.05) is 25.4 Å². The van der Waals surface area contributed by atoms with Crippen molar-refractivity contribution in [2.45, 2.75) is 13.0 Å². The summed E-state index contributed by atoms with van der Waals surface area (Å²) in [6.07, 6.45) is 4.00. The molecular weight excluding hydrogens is 192 g/mol. The van der Waals surface area contributed by atoms with Gasteiger partial charge < -0.3 is 9.64 Å². The quantitative estimate of drug-likeness (QED) is 0.679. The maximum atomic E-state index is 10.9. The Kier molecular flexibility index (Phi) is 4.77. The van der Waals surface area contributed by atoms with Gasteiger partial charge in [0.05, 0.1) is 13.5 Å². The Bertz CT molecular complexity index is 301. The Morgan fingerprint density at radius 3 is 3.00 bits per heavy atom. The van der Waals surface area contributed by atoms with E-state index in [-0.39, 0.29) is 5.97 Å². The highest BCUT2D eigenvalue weighted by molar-refractivity contribution is 5.69. The van der Waals surface area contributed by atoms with Gasteiger partial charge in [-0.15, -0.1) is 0 Å². The first kappa shape index (κ1) is 11.7. The van der Waals surface area contributed by atoms with E-state index in [4.69, 9.17) is 0 Å². The third kappa shape index (κ3) is 4.56. The van der Waals surface area contributed by atoms with E-state index in [0.717, 1.165) is 12.1 Å². The molecule has 0 spiro atoms. The normalized spacial score (nSPS) is 10.3. The minimum atomic E-state index is -0.173. The highest BCUT2D eigenvalue weighted by Gasteiger charge is 2.04. The second-order valence-corrected chi connectivity index (χ2v) is 3.43. The first-order chi connectivity index (χ1) is 7.22. The number of aromatic nitrogens is 1. The number of methoxy groups -OCH3 is 1. The summed E-state index contributed by atoms with van der Waals surface area (Å²) in [5.41, 5.74) is 1.14. The summed E-state index contributed by atoms with van der Waals surface area (Å²) < 4.78 is 4.57. The number of carbonyl (C=O) groups excluding carboxylic acids is 1. The van der Waals surface area contributed by atoms with Gasteiger partial charge in [0.25, 0.3) is 0 Å². The zero-order valence-electron chi connectivity index (χ0n) is 9.14. The van der Waals surface area contributed by atoms with Crippen LogP contribution in [-0.4, -0.2) is 36.6 Å². The van der Waals surface area contributed by atoms with Gasteiger partial charge in [0, 0.05) is 25.5 Å². The fourth-order valence-corrected chi connectivity index (χ4v) is 1.27. The Morgan fingerprint density at radius 2 is 2.40 bits per heavy atom. The highest BCUT2D eigenvalue weighted by atomic mass is 16.5. The molecule has 0 fully saturated rings. The number of rotatable bonds is 5. The van der Waals surface area contributed by atoms with Crippen LogP contribution in [-0.2, 0) is 16.1 Å². The van der Waals surface area contributed by atoms with Gasteiger partial charge in [0.1, 0.15) is 0 Å². The van der Waals surface area contributed by atoms with Crippen LogP contribution < -0.4 is 0 Å². The van der Waals surface area contributed by atoms with E-state index in [0.29, 0.717) is 13.0 Å². The summed E-state index contributed by atoms with van der Waals surface area (Å²) in [6.45, 7) is 1.49. The summed E-state index contributed by atoms with van der Waals surface area (Å²) in [4.78, 5) is 17.0. The molecule has 1 rings (SSSR count). The second kappa shape index (κ2) is 6.14. The van der Waals surface area contributed by atoms with E-state index in [9.17, 15) is 4.79 Å². The number of hydrogen-bond donors (Lipinski definition) is 0. The van der Waals surface area contributed by atoms with Gasteiger partial charge in [-0.3, -0.25) is 9.78 Å². The maximum absolute atomic E-state index is 10.9. The molecule has 0 bridgehead atoms. The first-order valence-corrected chi connectivity index (χ1v) is 4.86. The topological polar surface area (TPSA) is 42.4 Å². The molecule has 0 aliphatic carbocycles. The van der Waals surface area contributed by atoms with Gasteiger partial charge in [0.2, 0.25) is 0 Å². The highest BCUT2D eigenvalue weighted by Crippen LogP contribution is 2.01. The molecule has 4 heteroatoms. The van der Waals surface area contributed by atoms with Crippen LogP contribution in [0.4, 0.5) is 0 Å². The first-order valence-electron chi connectivity index (χ1n) is 4.86. The van der Waals surface area contributed by atoms with E-state index in [1.54, 1.807) is 6.20 Å². The molecule has 0 atom stereocenters. The van der Waals surface area contributed by atoms with E-state index in [2.05, 4.69) is 14.6 Å². The van der Waals surface area contributed by atoms with Crippen LogP contribution in [0.2, 0.25) is 0 Å². The molecule has 0 radical (unpaired) electrons. The van der Waals surface area contributed by atoms with Crippen LogP contribution in [0.15, 0.2) is 24.5 Å². The summed E-state index contributed by atoms with van der Waals surface area (Å²) in [7, 11) is 3.37. The van der Waals surface area contributed by atoms with Crippen LogP contribution in [0, 0.1) is 0 Å². The molecule has 0 amide bonds. The van der Waals surface area contributed by atoms with Crippen LogP contribution >= 0.6 is 0 Å². The minimum Gasteiger partial charge on any atom is -0.469 e. The predicted molar refractivity (Wildman–Crippen MR) is 57.2 cm³/mol. The molecule has 0 saturated carbocycles. The molecule has 0 aromatic carbocycles. The largest absolute Gasteiger partial charge is 0.469 e. The fraction of sp³-hybridized carbons (Fsp3) is 0.455. The van der Waals surface area contributed by atoms with Crippen LogP contribution in [0.25, 0.3) is 0 Å². The van der Waals surface area contributed by atoms with Gasteiger partial charge in [0.15, 0.2) is 0 Å². The van der Waals surface area contributed by atoms with Crippen molar-refractivity contribution in [1.29, 1.82) is 0 Å². The SMILES string of the molecule is COC(=O)CCN(C)Cc1cccnc1. The summed E-state index contributed by atoms with van der Waals surface area (Å²) in [5.74, 6) is -0.173. The van der Waals surface area contributed by atoms with Gasteiger partial charge in [-0.25, -0.2) is 0 Å². The van der Waals surface area contributed by atoms with Crippen LogP contribution in [0.1, 0.15) is 12.0 Å². The number of esters is 1. The summed E-state index contributed by atoms with van der Waals surface area (Å²) in [5, 5.41) is 0. The maximum Gasteiger partial charge on any atom is 0.306 e. The molecule has 4 nitrogen and oxygen atoms in total. The van der Waals surface area contributed by atoms with Crippen molar-refractivity contribution >= 4 is 5.97 Å². The van der Waals surface area contributed by atoms with Crippen molar-refractivity contribution in [3.05, 3.63) is 30.1 Å². The lowest BCUT2D eigenvalue weighted by atomic mass is 10.2. The third-order valence-electron chi connectivity index (χ3n) is 2.10. The third-order valence-corrected chi connectivity index (χ3v) is 2.10. The number of nitrogens with zero attached hydrogens (tertiary/aromatic N) is 2. The molecule has 15 heavy (non-hydrogen) atoms. The summed E-state index contributed by atoms with van der Waals surface area (Å²) >= 11 is 0. The Labute approximate surface area is 89.9 Å². The Morgan fingerprint density at radius 1 is 1.60 bits per heavy atom. The minimum absolute atomic E-state index is 0.173. The molecule has 0 unspecified atom stereocenters. The lowest BCUT2D eigenvalue weighted by Gasteiger charge is -2.15. The monoisotopic (exact) mass is 208 g/mol. The fourth-order valence-electron chi connectivity index (χ4n) is 1.27. The van der Waals surface area contributed by atoms with Crippen molar-refractivity contribution in [3.63, 3.8) is 0 Å². The van der Waals surface area contributed by atoms with Crippen LogP contribution in [0.3, 0.4) is 0 Å². The molecule has 1 aromatic heterocycles.